The van der Waals surface area contributed by atoms with Gasteiger partial charge in [0.25, 0.3) is 0 Å². The third-order valence-electron chi connectivity index (χ3n) is 0.893. The Bertz CT molecular complexity index is 166. The van der Waals surface area contributed by atoms with Crippen LogP contribution >= 0.6 is 0 Å². The number of rotatable bonds is 0. The fourth-order valence-corrected chi connectivity index (χ4v) is 0.474. The van der Waals surface area contributed by atoms with Crippen molar-refractivity contribution in [2.45, 2.75) is 0 Å². The van der Waals surface area contributed by atoms with Gasteiger partial charge in [-0.1, -0.05) is 0 Å². The summed E-state index contributed by atoms with van der Waals surface area (Å²) in [4.78, 5) is 0. The van der Waals surface area contributed by atoms with E-state index in [0.717, 1.165) is 0 Å². The summed E-state index contributed by atoms with van der Waals surface area (Å²) in [6.07, 6.45) is 0. The second-order valence-corrected chi connectivity index (χ2v) is 1.59. The van der Waals surface area contributed by atoms with Crippen LogP contribution in [0.1, 0.15) is 0 Å². The number of aromatic hydroxyl groups is 1. The third kappa shape index (κ3) is 3.30. The fourth-order valence-electron chi connectivity index (χ4n) is 0.474. The molecule has 0 fully saturated rings. The second-order valence-electron chi connectivity index (χ2n) is 1.59. The number of phenolic OH excluding ortho intramolecular Hbond substituents is 1. The van der Waals surface area contributed by atoms with Gasteiger partial charge in [-0.05, 0) is 24.3 Å². The molecule has 1 aromatic rings. The summed E-state index contributed by atoms with van der Waals surface area (Å²) in [5.74, 6) is 0.249. The normalized spacial score (nSPS) is 7.80. The van der Waals surface area contributed by atoms with Crippen LogP contribution in [-0.2, 0) is 21.8 Å². The van der Waals surface area contributed by atoms with Gasteiger partial charge in [-0.2, -0.15) is 0 Å². The molecule has 0 bridgehead atoms. The van der Waals surface area contributed by atoms with Crippen LogP contribution in [0.15, 0.2) is 24.3 Å². The molecule has 0 aliphatic heterocycles. The quantitative estimate of drug-likeness (QED) is 0.362. The van der Waals surface area contributed by atoms with Gasteiger partial charge in [0.15, 0.2) is 0 Å². The Balaban J connectivity index is 0.000000371. The zero-order valence-electron chi connectivity index (χ0n) is 5.45. The van der Waals surface area contributed by atoms with Crippen molar-refractivity contribution in [3.05, 3.63) is 24.3 Å². The van der Waals surface area contributed by atoms with E-state index in [-0.39, 0.29) is 24.0 Å². The molecule has 50 valence electrons. The van der Waals surface area contributed by atoms with Crippen LogP contribution in [0.2, 0.25) is 0 Å². The van der Waals surface area contributed by atoms with Crippen LogP contribution in [0, 0.1) is 0 Å². The van der Waals surface area contributed by atoms with E-state index in [9.17, 15) is 0 Å². The molecule has 0 aromatic heterocycles. The first kappa shape index (κ1) is 9.24. The van der Waals surface area contributed by atoms with Gasteiger partial charge in [-0.15, -0.1) is 0 Å². The van der Waals surface area contributed by atoms with Crippen molar-refractivity contribution in [1.29, 1.82) is 0 Å². The molecular weight excluding hydrogens is 183 g/mol. The average molecular weight is 191 g/mol. The van der Waals surface area contributed by atoms with Gasteiger partial charge in [0.05, 0.1) is 0 Å². The first-order chi connectivity index (χ1) is 4.79. The summed E-state index contributed by atoms with van der Waals surface area (Å²) in [5, 5.41) is 8.70. The predicted octanol–water partition coefficient (Wildman–Crippen LogP) is 0.853. The van der Waals surface area contributed by atoms with Gasteiger partial charge in [0, 0.05) is 5.69 Å². The van der Waals surface area contributed by atoms with Crippen LogP contribution in [-0.4, -0.2) is 5.11 Å². The SMILES string of the molecule is Nc1ccc(O)cc1.[O]=[Zn]. The van der Waals surface area contributed by atoms with Crippen molar-refractivity contribution in [3.63, 3.8) is 0 Å². The van der Waals surface area contributed by atoms with Gasteiger partial charge in [-0.25, -0.2) is 0 Å². The zero-order valence-corrected chi connectivity index (χ0v) is 8.42. The topological polar surface area (TPSA) is 63.3 Å². The Labute approximate surface area is 68.8 Å². The molecule has 0 aliphatic rings. The maximum atomic E-state index is 8.70. The average Bonchev–Trinajstić information content (AvgIpc) is 2.00. The first-order valence-electron chi connectivity index (χ1n) is 2.62. The molecule has 0 spiro atoms. The van der Waals surface area contributed by atoms with Crippen molar-refractivity contribution in [3.8, 4) is 5.75 Å². The molecule has 3 N–H and O–H groups in total. The third-order valence-corrected chi connectivity index (χ3v) is 0.893. The molecule has 0 radical (unpaired) electrons. The summed E-state index contributed by atoms with van der Waals surface area (Å²) < 4.78 is 8.38. The minimum atomic E-state index is 0.125. The van der Waals surface area contributed by atoms with E-state index >= 15 is 0 Å². The van der Waals surface area contributed by atoms with E-state index in [0.29, 0.717) is 5.69 Å². The standard InChI is InChI=1S/C6H7NO.O.Zn/c7-5-1-3-6(8)4-2-5;;/h1-4,8H,7H2;;. The van der Waals surface area contributed by atoms with Crippen LogP contribution in [0.25, 0.3) is 0 Å². The van der Waals surface area contributed by atoms with Crippen LogP contribution in [0.5, 0.6) is 5.75 Å². The Morgan fingerprint density at radius 2 is 1.60 bits per heavy atom. The number of nitrogens with two attached hydrogens (primary N) is 1. The van der Waals surface area contributed by atoms with Crippen molar-refractivity contribution >= 4 is 5.69 Å². The zero-order chi connectivity index (χ0) is 7.98. The molecule has 1 rings (SSSR count). The molecule has 4 heteroatoms. The molecule has 0 heterocycles. The molecule has 0 atom stereocenters. The molecular formula is C6H7NO2Zn. The Kier molecular flexibility index (Phi) is 4.68. The molecule has 0 amide bonds. The number of hydrogen-bond acceptors (Lipinski definition) is 3. The molecule has 0 aliphatic carbocycles. The minimum absolute atomic E-state index is 0.125. The molecule has 1 aromatic carbocycles. The number of anilines is 1. The van der Waals surface area contributed by atoms with Gasteiger partial charge in [0.1, 0.15) is 5.75 Å². The number of benzene rings is 1. The van der Waals surface area contributed by atoms with Crippen LogP contribution in [0.3, 0.4) is 0 Å². The maximum absolute atomic E-state index is 8.70. The summed E-state index contributed by atoms with van der Waals surface area (Å²) in [7, 11) is 0. The van der Waals surface area contributed by atoms with E-state index in [2.05, 4.69) is 0 Å². The van der Waals surface area contributed by atoms with E-state index in [1.165, 1.54) is 0 Å². The van der Waals surface area contributed by atoms with Gasteiger partial charge in [0.2, 0.25) is 0 Å². The molecule has 3 nitrogen and oxygen atoms in total. The van der Waals surface area contributed by atoms with E-state index in [1.807, 2.05) is 0 Å². The number of hydrogen-bond donors (Lipinski definition) is 2. The van der Waals surface area contributed by atoms with Crippen molar-refractivity contribution in [2.24, 2.45) is 0 Å². The number of phenols is 1. The Morgan fingerprint density at radius 1 is 1.20 bits per heavy atom. The number of nitrogen functional groups attached to an aromatic ring is 1. The molecule has 10 heavy (non-hydrogen) atoms. The Morgan fingerprint density at radius 3 is 1.90 bits per heavy atom. The van der Waals surface area contributed by atoms with Crippen molar-refractivity contribution in [1.82, 2.24) is 0 Å². The van der Waals surface area contributed by atoms with E-state index < -0.39 is 0 Å². The van der Waals surface area contributed by atoms with Crippen LogP contribution in [0.4, 0.5) is 5.69 Å². The van der Waals surface area contributed by atoms with Crippen LogP contribution < -0.4 is 5.73 Å². The van der Waals surface area contributed by atoms with Crippen molar-refractivity contribution < 1.29 is 26.9 Å². The Hall–Kier alpha value is -0.757. The van der Waals surface area contributed by atoms with Crippen molar-refractivity contribution in [2.75, 3.05) is 5.73 Å². The summed E-state index contributed by atoms with van der Waals surface area (Å²) in [5.41, 5.74) is 5.98. The molecule has 0 unspecified atom stereocenters. The fraction of sp³-hybridized carbons (Fsp3) is 0. The van der Waals surface area contributed by atoms with Gasteiger partial charge >= 0.3 is 21.8 Å². The van der Waals surface area contributed by atoms with Gasteiger partial charge in [-0.3, -0.25) is 0 Å². The predicted molar refractivity (Wildman–Crippen MR) is 33.2 cm³/mol. The van der Waals surface area contributed by atoms with Gasteiger partial charge < -0.3 is 10.8 Å². The first-order valence-corrected chi connectivity index (χ1v) is 3.83. The molecule has 0 saturated heterocycles. The van der Waals surface area contributed by atoms with E-state index in [4.69, 9.17) is 14.4 Å². The van der Waals surface area contributed by atoms with E-state index in [1.54, 1.807) is 24.3 Å². The summed E-state index contributed by atoms with van der Waals surface area (Å²) in [6, 6.07) is 6.40. The monoisotopic (exact) mass is 189 g/mol. The second kappa shape index (κ2) is 5.06. The molecule has 0 saturated carbocycles. The summed E-state index contributed by atoms with van der Waals surface area (Å²) in [6.45, 7) is 0. The summed E-state index contributed by atoms with van der Waals surface area (Å²) >= 11 is 0.125.